The number of nitrogens with zero attached hydrogens (tertiary/aromatic N) is 3. The van der Waals surface area contributed by atoms with Crippen molar-refractivity contribution in [1.29, 1.82) is 0 Å². The van der Waals surface area contributed by atoms with Crippen LogP contribution >= 0.6 is 22.9 Å². The van der Waals surface area contributed by atoms with Gasteiger partial charge < -0.3 is 4.57 Å². The second-order valence-corrected chi connectivity index (χ2v) is 9.87. The standard InChI is InChI=1S/C24H26ClN3OS/c1-15(2)28-21(18-12-16(3)23(29)27(5)14-18)10-11-24(28,22-13-26-17(4)30-22)19-6-8-20(25)9-7-19/h6-15,21H,1-5H3. The van der Waals surface area contributed by atoms with Crippen molar-refractivity contribution in [3.63, 3.8) is 0 Å². The fourth-order valence-corrected chi connectivity index (χ4v) is 5.64. The number of hydrogen-bond donors (Lipinski definition) is 0. The molecule has 0 N–H and O–H groups in total. The van der Waals surface area contributed by atoms with E-state index in [0.29, 0.717) is 0 Å². The van der Waals surface area contributed by atoms with Gasteiger partial charge in [0, 0.05) is 36.1 Å². The summed E-state index contributed by atoms with van der Waals surface area (Å²) >= 11 is 7.93. The predicted molar refractivity (Wildman–Crippen MR) is 124 cm³/mol. The maximum atomic E-state index is 12.3. The SMILES string of the molecule is Cc1ncc(C2(c3ccc(Cl)cc3)C=CC(c3cc(C)c(=O)n(C)c3)N2C(C)C)s1. The lowest BCUT2D eigenvalue weighted by molar-refractivity contribution is 0.110. The summed E-state index contributed by atoms with van der Waals surface area (Å²) in [6, 6.07) is 10.4. The predicted octanol–water partition coefficient (Wildman–Crippen LogP) is 5.38. The number of pyridine rings is 1. The number of rotatable bonds is 4. The van der Waals surface area contributed by atoms with Crippen LogP contribution in [0.1, 0.15) is 46.5 Å². The summed E-state index contributed by atoms with van der Waals surface area (Å²) in [5.74, 6) is 0. The molecule has 1 aliphatic rings. The van der Waals surface area contributed by atoms with Crippen LogP contribution in [0.4, 0.5) is 0 Å². The van der Waals surface area contributed by atoms with Gasteiger partial charge in [-0.1, -0.05) is 35.9 Å². The third-order valence-electron chi connectivity index (χ3n) is 5.79. The third kappa shape index (κ3) is 3.35. The van der Waals surface area contributed by atoms with Gasteiger partial charge in [-0.25, -0.2) is 4.98 Å². The van der Waals surface area contributed by atoms with Crippen LogP contribution < -0.4 is 5.56 Å². The molecule has 3 aromatic rings. The van der Waals surface area contributed by atoms with E-state index in [4.69, 9.17) is 11.6 Å². The zero-order valence-corrected chi connectivity index (χ0v) is 19.5. The minimum atomic E-state index is -0.446. The molecule has 6 heteroatoms. The highest BCUT2D eigenvalue weighted by Crippen LogP contribution is 2.50. The highest BCUT2D eigenvalue weighted by molar-refractivity contribution is 7.11. The molecule has 0 amide bonds. The highest BCUT2D eigenvalue weighted by atomic mass is 35.5. The molecule has 1 aliphatic heterocycles. The maximum absolute atomic E-state index is 12.3. The summed E-state index contributed by atoms with van der Waals surface area (Å²) in [5, 5.41) is 1.76. The van der Waals surface area contributed by atoms with E-state index in [0.717, 1.165) is 26.7 Å². The fourth-order valence-electron chi connectivity index (χ4n) is 4.54. The normalized spacial score (nSPS) is 21.6. The first-order chi connectivity index (χ1) is 14.2. The Morgan fingerprint density at radius 3 is 2.47 bits per heavy atom. The molecule has 0 bridgehead atoms. The molecule has 0 saturated carbocycles. The zero-order valence-electron chi connectivity index (χ0n) is 17.9. The van der Waals surface area contributed by atoms with Crippen molar-refractivity contribution in [2.75, 3.05) is 0 Å². The van der Waals surface area contributed by atoms with E-state index < -0.39 is 5.54 Å². The van der Waals surface area contributed by atoms with Gasteiger partial charge in [-0.3, -0.25) is 9.69 Å². The molecular formula is C24H26ClN3OS. The van der Waals surface area contributed by atoms with Crippen LogP contribution in [0.2, 0.25) is 5.02 Å². The first kappa shape index (κ1) is 21.0. The fraction of sp³-hybridized carbons (Fsp3) is 0.333. The molecular weight excluding hydrogens is 414 g/mol. The van der Waals surface area contributed by atoms with Gasteiger partial charge >= 0.3 is 0 Å². The molecule has 4 rings (SSSR count). The molecule has 0 radical (unpaired) electrons. The van der Waals surface area contributed by atoms with E-state index in [1.165, 1.54) is 4.88 Å². The van der Waals surface area contributed by atoms with Crippen molar-refractivity contribution < 1.29 is 0 Å². The van der Waals surface area contributed by atoms with Crippen LogP contribution in [0.15, 0.2) is 59.7 Å². The first-order valence-corrected chi connectivity index (χ1v) is 11.3. The van der Waals surface area contributed by atoms with E-state index in [9.17, 15) is 4.79 Å². The molecule has 3 heterocycles. The minimum absolute atomic E-state index is 0.0357. The quantitative estimate of drug-likeness (QED) is 0.512. The number of benzene rings is 1. The van der Waals surface area contributed by atoms with Gasteiger partial charge in [0.15, 0.2) is 0 Å². The lowest BCUT2D eigenvalue weighted by atomic mass is 9.87. The van der Waals surface area contributed by atoms with E-state index >= 15 is 0 Å². The third-order valence-corrected chi connectivity index (χ3v) is 7.08. The summed E-state index contributed by atoms with van der Waals surface area (Å²) in [6.45, 7) is 8.35. The van der Waals surface area contributed by atoms with Crippen molar-refractivity contribution in [3.8, 4) is 0 Å². The van der Waals surface area contributed by atoms with Crippen molar-refractivity contribution in [2.45, 2.75) is 45.3 Å². The lowest BCUT2D eigenvalue weighted by Crippen LogP contribution is -2.47. The van der Waals surface area contributed by atoms with E-state index in [2.05, 4.69) is 48.0 Å². The Kier molecular flexibility index (Phi) is 5.47. The van der Waals surface area contributed by atoms with Crippen molar-refractivity contribution in [1.82, 2.24) is 14.5 Å². The largest absolute Gasteiger partial charge is 0.318 e. The molecule has 2 aromatic heterocycles. The van der Waals surface area contributed by atoms with Crippen molar-refractivity contribution in [2.24, 2.45) is 7.05 Å². The molecule has 30 heavy (non-hydrogen) atoms. The van der Waals surface area contributed by atoms with Crippen LogP contribution in [-0.4, -0.2) is 20.5 Å². The Morgan fingerprint density at radius 2 is 1.90 bits per heavy atom. The van der Waals surface area contributed by atoms with Crippen molar-refractivity contribution >= 4 is 22.9 Å². The van der Waals surface area contributed by atoms with Gasteiger partial charge in [-0.2, -0.15) is 0 Å². The highest BCUT2D eigenvalue weighted by Gasteiger charge is 2.48. The molecule has 1 aromatic carbocycles. The van der Waals surface area contributed by atoms with Gasteiger partial charge in [0.25, 0.3) is 5.56 Å². The molecule has 4 nitrogen and oxygen atoms in total. The van der Waals surface area contributed by atoms with Gasteiger partial charge in [-0.05, 0) is 57.0 Å². The summed E-state index contributed by atoms with van der Waals surface area (Å²) < 4.78 is 1.68. The van der Waals surface area contributed by atoms with Crippen LogP contribution in [-0.2, 0) is 12.6 Å². The Balaban J connectivity index is 1.94. The Hall–Kier alpha value is -2.21. The van der Waals surface area contributed by atoms with Gasteiger partial charge in [-0.15, -0.1) is 11.3 Å². The van der Waals surface area contributed by atoms with Crippen LogP contribution in [0.5, 0.6) is 0 Å². The van der Waals surface area contributed by atoms with E-state index in [-0.39, 0.29) is 17.6 Å². The minimum Gasteiger partial charge on any atom is -0.318 e. The Bertz CT molecular complexity index is 1140. The molecule has 0 fully saturated rings. The second-order valence-electron chi connectivity index (χ2n) is 8.19. The summed E-state index contributed by atoms with van der Waals surface area (Å²) in [4.78, 5) is 20.5. The first-order valence-electron chi connectivity index (χ1n) is 10.1. The lowest BCUT2D eigenvalue weighted by Gasteiger charge is -2.44. The van der Waals surface area contributed by atoms with Crippen molar-refractivity contribution in [3.05, 3.63) is 96.8 Å². The summed E-state index contributed by atoms with van der Waals surface area (Å²) in [7, 11) is 1.82. The molecule has 0 aliphatic carbocycles. The maximum Gasteiger partial charge on any atom is 0.253 e. The van der Waals surface area contributed by atoms with Gasteiger partial charge in [0.05, 0.1) is 15.9 Å². The summed E-state index contributed by atoms with van der Waals surface area (Å²) in [5.41, 5.74) is 2.61. The van der Waals surface area contributed by atoms with Gasteiger partial charge in [0.1, 0.15) is 5.54 Å². The van der Waals surface area contributed by atoms with E-state index in [1.807, 2.05) is 51.5 Å². The second kappa shape index (κ2) is 7.80. The molecule has 0 saturated heterocycles. The topological polar surface area (TPSA) is 38.1 Å². The molecule has 0 spiro atoms. The summed E-state index contributed by atoms with van der Waals surface area (Å²) in [6.07, 6.45) is 8.48. The van der Waals surface area contributed by atoms with Gasteiger partial charge in [0.2, 0.25) is 0 Å². The van der Waals surface area contributed by atoms with Crippen LogP contribution in [0.25, 0.3) is 0 Å². The number of aromatic nitrogens is 2. The Labute approximate surface area is 186 Å². The smallest absolute Gasteiger partial charge is 0.253 e. The number of thiazole rings is 1. The molecule has 2 atom stereocenters. The average Bonchev–Trinajstić information content (AvgIpc) is 3.31. The zero-order chi connectivity index (χ0) is 21.6. The monoisotopic (exact) mass is 439 g/mol. The molecule has 156 valence electrons. The Morgan fingerprint density at radius 1 is 1.20 bits per heavy atom. The van der Waals surface area contributed by atoms with Crippen LogP contribution in [0.3, 0.4) is 0 Å². The number of aryl methyl sites for hydroxylation is 3. The number of halogens is 1. The molecule has 2 unspecified atom stereocenters. The average molecular weight is 440 g/mol. The van der Waals surface area contributed by atoms with E-state index in [1.54, 1.807) is 15.9 Å². The number of hydrogen-bond acceptors (Lipinski definition) is 4. The van der Waals surface area contributed by atoms with Crippen LogP contribution in [0, 0.1) is 13.8 Å².